The van der Waals surface area contributed by atoms with Crippen molar-refractivity contribution < 1.29 is 8.78 Å². The molecule has 4 heteroatoms. The van der Waals surface area contributed by atoms with Crippen LogP contribution in [0, 0.1) is 0 Å². The van der Waals surface area contributed by atoms with Crippen molar-refractivity contribution in [2.24, 2.45) is 4.99 Å². The van der Waals surface area contributed by atoms with Crippen molar-refractivity contribution in [2.75, 3.05) is 0 Å². The lowest BCUT2D eigenvalue weighted by molar-refractivity contribution is 0.373. The Bertz CT molecular complexity index is 174. The summed E-state index contributed by atoms with van der Waals surface area (Å²) in [5.74, 6) is -0.677. The lowest BCUT2D eigenvalue weighted by atomic mass is 10.2. The van der Waals surface area contributed by atoms with Crippen LogP contribution in [0.5, 0.6) is 0 Å². The van der Waals surface area contributed by atoms with E-state index in [2.05, 4.69) is 4.99 Å². The third-order valence-corrected chi connectivity index (χ3v) is 1.17. The molecule has 9 heavy (non-hydrogen) atoms. The molecule has 0 aromatic carbocycles. The molecule has 1 unspecified atom stereocenters. The SMILES string of the molecule is FC1=CCC(F)(Cl)C=N1. The minimum absolute atomic E-state index is 0.149. The Morgan fingerprint density at radius 2 is 2.44 bits per heavy atom. The molecular formula is C5H4ClF2N. The van der Waals surface area contributed by atoms with Crippen molar-refractivity contribution in [2.45, 2.75) is 11.5 Å². The van der Waals surface area contributed by atoms with Crippen LogP contribution in [0.4, 0.5) is 8.78 Å². The van der Waals surface area contributed by atoms with Gasteiger partial charge in [-0.3, -0.25) is 0 Å². The van der Waals surface area contributed by atoms with E-state index >= 15 is 0 Å². The van der Waals surface area contributed by atoms with Crippen LogP contribution in [0.15, 0.2) is 17.0 Å². The summed E-state index contributed by atoms with van der Waals surface area (Å²) in [5.41, 5.74) is 0. The molecule has 0 bridgehead atoms. The van der Waals surface area contributed by atoms with Crippen molar-refractivity contribution in [1.82, 2.24) is 0 Å². The van der Waals surface area contributed by atoms with E-state index in [1.54, 1.807) is 0 Å². The molecule has 0 radical (unpaired) electrons. The van der Waals surface area contributed by atoms with E-state index in [0.29, 0.717) is 0 Å². The van der Waals surface area contributed by atoms with Crippen molar-refractivity contribution in [1.29, 1.82) is 0 Å². The minimum atomic E-state index is -1.98. The molecule has 1 aliphatic rings. The van der Waals surface area contributed by atoms with Gasteiger partial charge < -0.3 is 0 Å². The van der Waals surface area contributed by atoms with Gasteiger partial charge in [-0.15, -0.1) is 0 Å². The van der Waals surface area contributed by atoms with Gasteiger partial charge in [0.05, 0.1) is 6.21 Å². The summed E-state index contributed by atoms with van der Waals surface area (Å²) in [6, 6.07) is 0. The first-order valence-electron chi connectivity index (χ1n) is 2.39. The van der Waals surface area contributed by atoms with Gasteiger partial charge in [-0.2, -0.15) is 4.39 Å². The molecule has 0 aromatic rings. The van der Waals surface area contributed by atoms with Crippen LogP contribution in [0.25, 0.3) is 0 Å². The first-order chi connectivity index (χ1) is 4.10. The molecule has 50 valence electrons. The highest BCUT2D eigenvalue weighted by Crippen LogP contribution is 2.24. The first kappa shape index (κ1) is 6.68. The predicted octanol–water partition coefficient (Wildman–Crippen LogP) is 2.18. The Labute approximate surface area is 56.0 Å². The number of alkyl halides is 2. The van der Waals surface area contributed by atoms with E-state index < -0.39 is 11.1 Å². The van der Waals surface area contributed by atoms with Gasteiger partial charge in [-0.05, 0) is 6.08 Å². The molecule has 0 spiro atoms. The molecule has 0 N–H and O–H groups in total. The van der Waals surface area contributed by atoms with E-state index in [-0.39, 0.29) is 6.42 Å². The smallest absolute Gasteiger partial charge is 0.222 e. The third kappa shape index (κ3) is 1.75. The summed E-state index contributed by atoms with van der Waals surface area (Å²) < 4.78 is 24.4. The average Bonchev–Trinajstić information content (AvgIpc) is 1.78. The summed E-state index contributed by atoms with van der Waals surface area (Å²) in [7, 11) is 0. The second-order valence-corrected chi connectivity index (χ2v) is 2.38. The van der Waals surface area contributed by atoms with Crippen LogP contribution in [-0.2, 0) is 0 Å². The van der Waals surface area contributed by atoms with E-state index in [1.165, 1.54) is 0 Å². The van der Waals surface area contributed by atoms with Crippen LogP contribution in [-0.4, -0.2) is 11.3 Å². The quantitative estimate of drug-likeness (QED) is 0.372. The van der Waals surface area contributed by atoms with E-state index in [4.69, 9.17) is 11.6 Å². The maximum Gasteiger partial charge on any atom is 0.222 e. The number of hydrogen-bond donors (Lipinski definition) is 0. The van der Waals surface area contributed by atoms with Crippen molar-refractivity contribution in [3.8, 4) is 0 Å². The van der Waals surface area contributed by atoms with E-state index in [9.17, 15) is 8.78 Å². The van der Waals surface area contributed by atoms with Crippen molar-refractivity contribution in [3.05, 3.63) is 12.0 Å². The van der Waals surface area contributed by atoms with Gasteiger partial charge in [-0.25, -0.2) is 9.38 Å². The van der Waals surface area contributed by atoms with Crippen LogP contribution in [0.1, 0.15) is 6.42 Å². The molecule has 1 nitrogen and oxygen atoms in total. The minimum Gasteiger partial charge on any atom is -0.228 e. The van der Waals surface area contributed by atoms with Crippen LogP contribution in [0.2, 0.25) is 0 Å². The predicted molar refractivity (Wildman–Crippen MR) is 32.0 cm³/mol. The lowest BCUT2D eigenvalue weighted by Gasteiger charge is -2.11. The van der Waals surface area contributed by atoms with Gasteiger partial charge in [0.2, 0.25) is 11.1 Å². The zero-order valence-electron chi connectivity index (χ0n) is 4.44. The molecule has 0 aromatic heterocycles. The number of allylic oxidation sites excluding steroid dienone is 1. The van der Waals surface area contributed by atoms with Crippen LogP contribution >= 0.6 is 11.6 Å². The lowest BCUT2D eigenvalue weighted by Crippen LogP contribution is -2.17. The number of halogens is 3. The summed E-state index contributed by atoms with van der Waals surface area (Å²) in [6.45, 7) is 0. The summed E-state index contributed by atoms with van der Waals surface area (Å²) in [4.78, 5) is 3.05. The second-order valence-electron chi connectivity index (χ2n) is 1.75. The fourth-order valence-corrected chi connectivity index (χ4v) is 0.608. The molecule has 1 rings (SSSR count). The Morgan fingerprint density at radius 1 is 1.78 bits per heavy atom. The number of hydrogen-bond acceptors (Lipinski definition) is 1. The van der Waals surface area contributed by atoms with Gasteiger partial charge in [-0.1, -0.05) is 11.6 Å². The fourth-order valence-electron chi connectivity index (χ4n) is 0.482. The summed E-state index contributed by atoms with van der Waals surface area (Å²) in [5, 5.41) is -1.98. The third-order valence-electron chi connectivity index (χ3n) is 0.919. The fraction of sp³-hybridized carbons (Fsp3) is 0.400. The van der Waals surface area contributed by atoms with Crippen LogP contribution < -0.4 is 0 Å². The largest absolute Gasteiger partial charge is 0.228 e. The maximum absolute atomic E-state index is 12.4. The highest BCUT2D eigenvalue weighted by molar-refractivity contribution is 6.31. The zero-order chi connectivity index (χ0) is 6.91. The Balaban J connectivity index is 2.70. The van der Waals surface area contributed by atoms with Crippen LogP contribution in [0.3, 0.4) is 0 Å². The van der Waals surface area contributed by atoms with Gasteiger partial charge in [0, 0.05) is 6.42 Å². The van der Waals surface area contributed by atoms with Gasteiger partial charge in [0.15, 0.2) is 0 Å². The number of nitrogens with zero attached hydrogens (tertiary/aromatic N) is 1. The van der Waals surface area contributed by atoms with Crippen molar-refractivity contribution >= 4 is 17.8 Å². The van der Waals surface area contributed by atoms with E-state index in [1.807, 2.05) is 0 Å². The molecule has 0 fully saturated rings. The normalized spacial score (nSPS) is 34.3. The molecule has 1 aliphatic heterocycles. The second kappa shape index (κ2) is 2.06. The number of rotatable bonds is 0. The van der Waals surface area contributed by atoms with Crippen molar-refractivity contribution in [3.63, 3.8) is 0 Å². The Kier molecular flexibility index (Phi) is 1.53. The zero-order valence-corrected chi connectivity index (χ0v) is 5.20. The topological polar surface area (TPSA) is 12.4 Å². The van der Waals surface area contributed by atoms with E-state index in [0.717, 1.165) is 12.3 Å². The first-order valence-corrected chi connectivity index (χ1v) is 2.77. The summed E-state index contributed by atoms with van der Waals surface area (Å²) >= 11 is 5.11. The molecule has 1 atom stereocenters. The molecule has 0 amide bonds. The molecular weight excluding hydrogens is 148 g/mol. The Morgan fingerprint density at radius 3 is 2.78 bits per heavy atom. The molecule has 0 saturated carbocycles. The highest BCUT2D eigenvalue weighted by Gasteiger charge is 2.25. The highest BCUT2D eigenvalue weighted by atomic mass is 35.5. The standard InChI is InChI=1S/C5H4ClF2N/c6-5(8)2-1-4(7)9-3-5/h1,3H,2H2. The van der Waals surface area contributed by atoms with Gasteiger partial charge in [0.1, 0.15) is 0 Å². The number of aliphatic imine (C=N–C) groups is 1. The Hall–Kier alpha value is -0.440. The van der Waals surface area contributed by atoms with Gasteiger partial charge >= 0.3 is 0 Å². The molecule has 0 aliphatic carbocycles. The molecule has 0 saturated heterocycles. The van der Waals surface area contributed by atoms with Gasteiger partial charge in [0.25, 0.3) is 0 Å². The molecule has 1 heterocycles. The average molecular weight is 152 g/mol. The maximum atomic E-state index is 12.4. The summed E-state index contributed by atoms with van der Waals surface area (Å²) in [6.07, 6.45) is 1.61. The monoisotopic (exact) mass is 151 g/mol.